The molecule has 0 bridgehead atoms. The number of rotatable bonds is 9. The summed E-state index contributed by atoms with van der Waals surface area (Å²) in [5.74, 6) is 0. The van der Waals surface area contributed by atoms with Crippen LogP contribution in [0, 0.1) is 11.3 Å². The van der Waals surface area contributed by atoms with Crippen molar-refractivity contribution in [2.24, 2.45) is 0 Å². The zero-order valence-electron chi connectivity index (χ0n) is 9.34. The Labute approximate surface area is 87.9 Å². The Balaban J connectivity index is 3.07. The molecule has 0 aromatic rings. The molecule has 0 spiro atoms. The van der Waals surface area contributed by atoms with Crippen LogP contribution < -0.4 is 0 Å². The molecule has 0 aliphatic carbocycles. The van der Waals surface area contributed by atoms with E-state index in [1.165, 1.54) is 32.1 Å². The minimum Gasteiger partial charge on any atom is -0.393 e. The van der Waals surface area contributed by atoms with Gasteiger partial charge in [0.2, 0.25) is 0 Å². The summed E-state index contributed by atoms with van der Waals surface area (Å²) in [6.45, 7) is 2.21. The molecule has 0 rings (SSSR count). The first-order valence-corrected chi connectivity index (χ1v) is 5.86. The highest BCUT2D eigenvalue weighted by atomic mass is 16.3. The molecule has 0 aliphatic rings. The van der Waals surface area contributed by atoms with Crippen LogP contribution in [-0.4, -0.2) is 11.2 Å². The van der Waals surface area contributed by atoms with Gasteiger partial charge in [0.05, 0.1) is 12.2 Å². The van der Waals surface area contributed by atoms with Gasteiger partial charge in [0.1, 0.15) is 0 Å². The number of aliphatic hydroxyl groups is 1. The Hall–Kier alpha value is -0.550. The number of nitriles is 1. The first-order valence-electron chi connectivity index (χ1n) is 5.86. The normalized spacial score (nSPS) is 12.4. The minimum absolute atomic E-state index is 0.249. The Bertz CT molecular complexity index is 151. The molecule has 0 amide bonds. The predicted molar refractivity (Wildman–Crippen MR) is 58.8 cm³/mol. The van der Waals surface area contributed by atoms with E-state index in [9.17, 15) is 5.11 Å². The molecule has 0 radical (unpaired) electrons. The van der Waals surface area contributed by atoms with Crippen LogP contribution in [0.15, 0.2) is 0 Å². The standard InChI is InChI=1S/C12H23NO/c1-2-3-4-5-6-7-9-12(14)10-8-11-13/h12,14H,2-10H2,1H3. The van der Waals surface area contributed by atoms with E-state index in [1.54, 1.807) is 0 Å². The van der Waals surface area contributed by atoms with E-state index in [4.69, 9.17) is 5.26 Å². The van der Waals surface area contributed by atoms with Crippen molar-refractivity contribution >= 4 is 0 Å². The highest BCUT2D eigenvalue weighted by Crippen LogP contribution is 2.10. The molecular weight excluding hydrogens is 174 g/mol. The number of hydrogen-bond donors (Lipinski definition) is 1. The van der Waals surface area contributed by atoms with Crippen LogP contribution in [0.3, 0.4) is 0 Å². The Morgan fingerprint density at radius 1 is 1.07 bits per heavy atom. The Kier molecular flexibility index (Phi) is 10.1. The smallest absolute Gasteiger partial charge is 0.0622 e. The van der Waals surface area contributed by atoms with Gasteiger partial charge in [-0.15, -0.1) is 0 Å². The second kappa shape index (κ2) is 10.5. The van der Waals surface area contributed by atoms with Gasteiger partial charge in [0.15, 0.2) is 0 Å². The lowest BCUT2D eigenvalue weighted by Gasteiger charge is -2.07. The Morgan fingerprint density at radius 3 is 2.36 bits per heavy atom. The summed E-state index contributed by atoms with van der Waals surface area (Å²) in [7, 11) is 0. The fraction of sp³-hybridized carbons (Fsp3) is 0.917. The molecule has 0 heterocycles. The maximum absolute atomic E-state index is 9.43. The molecule has 0 aromatic carbocycles. The lowest BCUT2D eigenvalue weighted by molar-refractivity contribution is 0.152. The average Bonchev–Trinajstić information content (AvgIpc) is 2.20. The molecule has 2 nitrogen and oxygen atoms in total. The van der Waals surface area contributed by atoms with E-state index in [2.05, 4.69) is 13.0 Å². The fourth-order valence-electron chi connectivity index (χ4n) is 1.54. The van der Waals surface area contributed by atoms with Gasteiger partial charge in [0, 0.05) is 6.42 Å². The van der Waals surface area contributed by atoms with Gasteiger partial charge >= 0.3 is 0 Å². The number of aliphatic hydroxyl groups excluding tert-OH is 1. The summed E-state index contributed by atoms with van der Waals surface area (Å²) < 4.78 is 0. The predicted octanol–water partition coefficient (Wildman–Crippen LogP) is 3.40. The van der Waals surface area contributed by atoms with Crippen LogP contribution in [-0.2, 0) is 0 Å². The first kappa shape index (κ1) is 13.4. The van der Waals surface area contributed by atoms with Gasteiger partial charge in [-0.3, -0.25) is 0 Å². The largest absolute Gasteiger partial charge is 0.393 e. The molecule has 1 N–H and O–H groups in total. The monoisotopic (exact) mass is 197 g/mol. The maximum Gasteiger partial charge on any atom is 0.0622 e. The molecule has 1 atom stereocenters. The Morgan fingerprint density at radius 2 is 1.71 bits per heavy atom. The van der Waals surface area contributed by atoms with E-state index >= 15 is 0 Å². The zero-order chi connectivity index (χ0) is 10.6. The highest BCUT2D eigenvalue weighted by Gasteiger charge is 2.02. The topological polar surface area (TPSA) is 44.0 Å². The van der Waals surface area contributed by atoms with Crippen LogP contribution in [0.25, 0.3) is 0 Å². The van der Waals surface area contributed by atoms with Crippen LogP contribution >= 0.6 is 0 Å². The number of hydrogen-bond acceptors (Lipinski definition) is 2. The lowest BCUT2D eigenvalue weighted by atomic mass is 10.0. The maximum atomic E-state index is 9.43. The van der Waals surface area contributed by atoms with Gasteiger partial charge in [-0.05, 0) is 12.8 Å². The van der Waals surface area contributed by atoms with Crippen molar-refractivity contribution in [2.75, 3.05) is 0 Å². The molecule has 0 aromatic heterocycles. The number of unbranched alkanes of at least 4 members (excludes halogenated alkanes) is 5. The molecular formula is C12H23NO. The molecule has 0 fully saturated rings. The van der Waals surface area contributed by atoms with Crippen molar-refractivity contribution in [2.45, 2.75) is 70.8 Å². The third-order valence-corrected chi connectivity index (χ3v) is 2.48. The van der Waals surface area contributed by atoms with Crippen LogP contribution in [0.4, 0.5) is 0 Å². The van der Waals surface area contributed by atoms with Crippen molar-refractivity contribution in [3.63, 3.8) is 0 Å². The lowest BCUT2D eigenvalue weighted by Crippen LogP contribution is -2.05. The zero-order valence-corrected chi connectivity index (χ0v) is 9.34. The SMILES string of the molecule is CCCCCCCCC(O)CCC#N. The molecule has 0 aliphatic heterocycles. The summed E-state index contributed by atoms with van der Waals surface area (Å²) in [6.07, 6.45) is 9.31. The molecule has 14 heavy (non-hydrogen) atoms. The average molecular weight is 197 g/mol. The number of nitrogens with zero attached hydrogens (tertiary/aromatic N) is 1. The third-order valence-electron chi connectivity index (χ3n) is 2.48. The van der Waals surface area contributed by atoms with Gasteiger partial charge in [-0.1, -0.05) is 45.4 Å². The van der Waals surface area contributed by atoms with Crippen LogP contribution in [0.1, 0.15) is 64.7 Å². The van der Waals surface area contributed by atoms with E-state index < -0.39 is 0 Å². The fourth-order valence-corrected chi connectivity index (χ4v) is 1.54. The quantitative estimate of drug-likeness (QED) is 0.576. The first-order chi connectivity index (χ1) is 6.81. The van der Waals surface area contributed by atoms with Crippen molar-refractivity contribution in [3.8, 4) is 6.07 Å². The van der Waals surface area contributed by atoms with E-state index in [1.807, 2.05) is 0 Å². The van der Waals surface area contributed by atoms with Crippen LogP contribution in [0.2, 0.25) is 0 Å². The summed E-state index contributed by atoms with van der Waals surface area (Å²) in [4.78, 5) is 0. The minimum atomic E-state index is -0.249. The third kappa shape index (κ3) is 9.54. The molecule has 2 heteroatoms. The molecule has 1 unspecified atom stereocenters. The second-order valence-electron chi connectivity index (χ2n) is 3.91. The second-order valence-corrected chi connectivity index (χ2v) is 3.91. The summed E-state index contributed by atoms with van der Waals surface area (Å²) >= 11 is 0. The summed E-state index contributed by atoms with van der Waals surface area (Å²) in [5.41, 5.74) is 0. The molecule has 82 valence electrons. The van der Waals surface area contributed by atoms with Gasteiger partial charge in [-0.2, -0.15) is 5.26 Å². The summed E-state index contributed by atoms with van der Waals surface area (Å²) in [5, 5.41) is 17.8. The van der Waals surface area contributed by atoms with Gasteiger partial charge in [0.25, 0.3) is 0 Å². The van der Waals surface area contributed by atoms with Crippen molar-refractivity contribution in [1.29, 1.82) is 5.26 Å². The summed E-state index contributed by atoms with van der Waals surface area (Å²) in [6, 6.07) is 2.06. The highest BCUT2D eigenvalue weighted by molar-refractivity contribution is 4.71. The van der Waals surface area contributed by atoms with Crippen molar-refractivity contribution < 1.29 is 5.11 Å². The van der Waals surface area contributed by atoms with E-state index in [0.29, 0.717) is 12.8 Å². The van der Waals surface area contributed by atoms with E-state index in [0.717, 1.165) is 12.8 Å². The van der Waals surface area contributed by atoms with E-state index in [-0.39, 0.29) is 6.10 Å². The van der Waals surface area contributed by atoms with Gasteiger partial charge in [-0.25, -0.2) is 0 Å². The molecule has 0 saturated carbocycles. The van der Waals surface area contributed by atoms with Crippen LogP contribution in [0.5, 0.6) is 0 Å². The van der Waals surface area contributed by atoms with Crippen molar-refractivity contribution in [1.82, 2.24) is 0 Å². The molecule has 0 saturated heterocycles. The van der Waals surface area contributed by atoms with Gasteiger partial charge < -0.3 is 5.11 Å². The van der Waals surface area contributed by atoms with Crippen molar-refractivity contribution in [3.05, 3.63) is 0 Å².